The van der Waals surface area contributed by atoms with Crippen LogP contribution < -0.4 is 10.6 Å². The molecule has 1 aliphatic heterocycles. The van der Waals surface area contributed by atoms with E-state index in [0.717, 1.165) is 18.9 Å². The Hall–Kier alpha value is -1.58. The molecular formula is C13H19N3O. The molecule has 0 aromatic carbocycles. The molecule has 0 spiro atoms. The first-order valence-electron chi connectivity index (χ1n) is 6.07. The Morgan fingerprint density at radius 3 is 2.65 bits per heavy atom. The lowest BCUT2D eigenvalue weighted by Gasteiger charge is -2.36. The van der Waals surface area contributed by atoms with Gasteiger partial charge in [0.1, 0.15) is 5.82 Å². The zero-order valence-corrected chi connectivity index (χ0v) is 10.4. The van der Waals surface area contributed by atoms with Crippen LogP contribution in [0, 0.1) is 11.8 Å². The van der Waals surface area contributed by atoms with Crippen LogP contribution in [0.15, 0.2) is 18.3 Å². The van der Waals surface area contributed by atoms with Crippen molar-refractivity contribution in [2.75, 3.05) is 18.0 Å². The summed E-state index contributed by atoms with van der Waals surface area (Å²) in [6.45, 7) is 6.36. The monoisotopic (exact) mass is 233 g/mol. The van der Waals surface area contributed by atoms with E-state index in [1.165, 1.54) is 6.42 Å². The van der Waals surface area contributed by atoms with E-state index < -0.39 is 5.91 Å². The molecule has 92 valence electrons. The molecule has 1 saturated heterocycles. The van der Waals surface area contributed by atoms with Gasteiger partial charge in [0.25, 0.3) is 5.91 Å². The van der Waals surface area contributed by atoms with Gasteiger partial charge in [0.05, 0.1) is 5.56 Å². The van der Waals surface area contributed by atoms with Gasteiger partial charge in [-0.05, 0) is 30.4 Å². The van der Waals surface area contributed by atoms with Crippen LogP contribution in [0.2, 0.25) is 0 Å². The molecule has 1 fully saturated rings. The fraction of sp³-hybridized carbons (Fsp3) is 0.538. The smallest absolute Gasteiger partial charge is 0.252 e. The molecule has 0 aliphatic carbocycles. The Bertz CT molecular complexity index is 409. The van der Waals surface area contributed by atoms with Gasteiger partial charge in [-0.25, -0.2) is 4.98 Å². The van der Waals surface area contributed by atoms with E-state index in [4.69, 9.17) is 5.73 Å². The maximum absolute atomic E-state index is 11.4. The SMILES string of the molecule is CC1CC(C)CN(c2ncccc2C(N)=O)C1. The second kappa shape index (κ2) is 4.73. The van der Waals surface area contributed by atoms with Gasteiger partial charge in [0.2, 0.25) is 0 Å². The van der Waals surface area contributed by atoms with Gasteiger partial charge in [-0.2, -0.15) is 0 Å². The molecular weight excluding hydrogens is 214 g/mol. The third kappa shape index (κ3) is 2.57. The van der Waals surface area contributed by atoms with Gasteiger partial charge in [0.15, 0.2) is 0 Å². The van der Waals surface area contributed by atoms with Gasteiger partial charge < -0.3 is 10.6 Å². The minimum absolute atomic E-state index is 0.404. The maximum Gasteiger partial charge on any atom is 0.252 e. The zero-order chi connectivity index (χ0) is 12.4. The Morgan fingerprint density at radius 1 is 1.41 bits per heavy atom. The molecule has 0 bridgehead atoms. The van der Waals surface area contributed by atoms with E-state index >= 15 is 0 Å². The van der Waals surface area contributed by atoms with Gasteiger partial charge in [-0.15, -0.1) is 0 Å². The average molecular weight is 233 g/mol. The second-order valence-corrected chi connectivity index (χ2v) is 5.09. The highest BCUT2D eigenvalue weighted by molar-refractivity contribution is 5.97. The number of primary amides is 1. The molecule has 0 radical (unpaired) electrons. The third-order valence-electron chi connectivity index (χ3n) is 3.22. The van der Waals surface area contributed by atoms with E-state index in [0.29, 0.717) is 17.4 Å². The fourth-order valence-electron chi connectivity index (χ4n) is 2.68. The van der Waals surface area contributed by atoms with Gasteiger partial charge in [0, 0.05) is 19.3 Å². The average Bonchev–Trinajstić information content (AvgIpc) is 2.27. The number of anilines is 1. The normalized spacial score (nSPS) is 24.7. The summed E-state index contributed by atoms with van der Waals surface area (Å²) < 4.78 is 0. The Balaban J connectivity index is 2.30. The van der Waals surface area contributed by atoms with Crippen LogP contribution in [0.25, 0.3) is 0 Å². The van der Waals surface area contributed by atoms with Crippen molar-refractivity contribution in [1.82, 2.24) is 4.98 Å². The van der Waals surface area contributed by atoms with Crippen LogP contribution >= 0.6 is 0 Å². The van der Waals surface area contributed by atoms with Crippen LogP contribution in [-0.4, -0.2) is 24.0 Å². The molecule has 2 atom stereocenters. The summed E-state index contributed by atoms with van der Waals surface area (Å²) in [4.78, 5) is 17.9. The van der Waals surface area contributed by atoms with Crippen LogP contribution in [0.4, 0.5) is 5.82 Å². The molecule has 0 saturated carbocycles. The van der Waals surface area contributed by atoms with Crippen molar-refractivity contribution in [3.8, 4) is 0 Å². The molecule has 1 aromatic heterocycles. The lowest BCUT2D eigenvalue weighted by molar-refractivity contribution is 0.1000. The number of nitrogens with zero attached hydrogens (tertiary/aromatic N) is 2. The Morgan fingerprint density at radius 2 is 2.06 bits per heavy atom. The van der Waals surface area contributed by atoms with E-state index in [2.05, 4.69) is 23.7 Å². The van der Waals surface area contributed by atoms with Crippen molar-refractivity contribution in [2.45, 2.75) is 20.3 Å². The van der Waals surface area contributed by atoms with Gasteiger partial charge >= 0.3 is 0 Å². The number of nitrogens with two attached hydrogens (primary N) is 1. The van der Waals surface area contributed by atoms with E-state index in [-0.39, 0.29) is 0 Å². The first-order valence-corrected chi connectivity index (χ1v) is 6.07. The van der Waals surface area contributed by atoms with E-state index in [1.807, 2.05) is 0 Å². The number of carbonyl (C=O) groups is 1. The lowest BCUT2D eigenvalue weighted by atomic mass is 9.91. The molecule has 2 rings (SSSR count). The van der Waals surface area contributed by atoms with Crippen molar-refractivity contribution in [3.05, 3.63) is 23.9 Å². The Labute approximate surface area is 102 Å². The van der Waals surface area contributed by atoms with Crippen LogP contribution in [0.3, 0.4) is 0 Å². The summed E-state index contributed by atoms with van der Waals surface area (Å²) in [7, 11) is 0. The zero-order valence-electron chi connectivity index (χ0n) is 10.4. The second-order valence-electron chi connectivity index (χ2n) is 5.09. The lowest BCUT2D eigenvalue weighted by Crippen LogP contribution is -2.40. The van der Waals surface area contributed by atoms with E-state index in [9.17, 15) is 4.79 Å². The summed E-state index contributed by atoms with van der Waals surface area (Å²) in [6, 6.07) is 3.50. The van der Waals surface area contributed by atoms with Crippen LogP contribution in [0.1, 0.15) is 30.6 Å². The van der Waals surface area contributed by atoms with Crippen molar-refractivity contribution in [2.24, 2.45) is 17.6 Å². The van der Waals surface area contributed by atoms with Gasteiger partial charge in [-0.3, -0.25) is 4.79 Å². The molecule has 2 unspecified atom stereocenters. The minimum atomic E-state index is -0.404. The summed E-state index contributed by atoms with van der Waals surface area (Å²) in [6.07, 6.45) is 2.95. The quantitative estimate of drug-likeness (QED) is 0.845. The number of carbonyl (C=O) groups excluding carboxylic acids is 1. The van der Waals surface area contributed by atoms with Crippen molar-refractivity contribution in [1.29, 1.82) is 0 Å². The number of pyridine rings is 1. The predicted octanol–water partition coefficient (Wildman–Crippen LogP) is 1.66. The largest absolute Gasteiger partial charge is 0.365 e. The molecule has 1 amide bonds. The summed E-state index contributed by atoms with van der Waals surface area (Å²) in [5.41, 5.74) is 5.91. The molecule has 4 nitrogen and oxygen atoms in total. The highest BCUT2D eigenvalue weighted by Crippen LogP contribution is 2.26. The number of amides is 1. The van der Waals surface area contributed by atoms with E-state index in [1.54, 1.807) is 18.3 Å². The molecule has 2 N–H and O–H groups in total. The van der Waals surface area contributed by atoms with Crippen molar-refractivity contribution in [3.63, 3.8) is 0 Å². The predicted molar refractivity (Wildman–Crippen MR) is 67.9 cm³/mol. The maximum atomic E-state index is 11.4. The van der Waals surface area contributed by atoms with Gasteiger partial charge in [-0.1, -0.05) is 13.8 Å². The molecule has 4 heteroatoms. The Kier molecular flexibility index (Phi) is 3.31. The standard InChI is InChI=1S/C13H19N3O/c1-9-6-10(2)8-16(7-9)13-11(12(14)17)4-3-5-15-13/h3-5,9-10H,6-8H2,1-2H3,(H2,14,17). The van der Waals surface area contributed by atoms with Crippen molar-refractivity contribution < 1.29 is 4.79 Å². The molecule has 2 heterocycles. The third-order valence-corrected chi connectivity index (χ3v) is 3.22. The highest BCUT2D eigenvalue weighted by Gasteiger charge is 2.25. The molecule has 17 heavy (non-hydrogen) atoms. The highest BCUT2D eigenvalue weighted by atomic mass is 16.1. The van der Waals surface area contributed by atoms with Crippen LogP contribution in [0.5, 0.6) is 0 Å². The minimum Gasteiger partial charge on any atom is -0.365 e. The first kappa shape index (κ1) is 11.9. The summed E-state index contributed by atoms with van der Waals surface area (Å²) in [5.74, 6) is 1.58. The number of hydrogen-bond acceptors (Lipinski definition) is 3. The summed E-state index contributed by atoms with van der Waals surface area (Å²) >= 11 is 0. The number of piperidine rings is 1. The number of hydrogen-bond donors (Lipinski definition) is 1. The number of rotatable bonds is 2. The number of aromatic nitrogens is 1. The summed E-state index contributed by atoms with van der Waals surface area (Å²) in [5, 5.41) is 0. The van der Waals surface area contributed by atoms with Crippen LogP contribution in [-0.2, 0) is 0 Å². The molecule has 1 aromatic rings. The van der Waals surface area contributed by atoms with Crippen molar-refractivity contribution >= 4 is 11.7 Å². The first-order chi connectivity index (χ1) is 8.08. The fourth-order valence-corrected chi connectivity index (χ4v) is 2.68. The topological polar surface area (TPSA) is 59.2 Å². The molecule has 1 aliphatic rings.